The van der Waals surface area contributed by atoms with Crippen molar-refractivity contribution in [1.82, 2.24) is 5.32 Å². The van der Waals surface area contributed by atoms with Crippen molar-refractivity contribution >= 4 is 23.1 Å². The van der Waals surface area contributed by atoms with Crippen molar-refractivity contribution in [1.29, 1.82) is 0 Å². The smallest absolute Gasteiger partial charge is 0.319 e. The molecule has 0 saturated carbocycles. The minimum atomic E-state index is -0.0650. The van der Waals surface area contributed by atoms with Crippen molar-refractivity contribution in [2.45, 2.75) is 70.6 Å². The largest absolute Gasteiger partial charge is 0.335 e. The molecule has 2 aliphatic heterocycles. The van der Waals surface area contributed by atoms with Gasteiger partial charge in [-0.3, -0.25) is 0 Å². The lowest BCUT2D eigenvalue weighted by Gasteiger charge is -2.45. The number of carbonyl (C=O) groups excluding carboxylic acids is 1. The molecule has 1 aromatic heterocycles. The molecule has 0 radical (unpaired) electrons. The Hall–Kier alpha value is -1.85. The first-order valence-corrected chi connectivity index (χ1v) is 11.0. The molecule has 0 unspecified atom stereocenters. The maximum absolute atomic E-state index is 12.5. The molecule has 144 valence electrons. The van der Waals surface area contributed by atoms with E-state index in [0.29, 0.717) is 18.1 Å². The molecule has 2 aromatic rings. The van der Waals surface area contributed by atoms with Crippen molar-refractivity contribution in [2.24, 2.45) is 0 Å². The lowest BCUT2D eigenvalue weighted by Crippen LogP contribution is -3.20. The van der Waals surface area contributed by atoms with Crippen molar-refractivity contribution in [2.75, 3.05) is 5.32 Å². The standard InChI is InChI=1S/C22H29N3OS/c1-15-9-16(2)11-17(10-15)23-22(26)24-18-12-19-5-3-6-20(13-18)25(19)14-21-7-4-8-27-21/h4,7-11,18-20H,3,5-6,12-14H2,1-2H3,(H2,23,24,26)/p+1/t19-,20-/m1/s1. The van der Waals surface area contributed by atoms with E-state index in [9.17, 15) is 4.79 Å². The van der Waals surface area contributed by atoms with Crippen LogP contribution in [0.2, 0.25) is 0 Å². The van der Waals surface area contributed by atoms with Crippen LogP contribution in [0.15, 0.2) is 35.7 Å². The lowest BCUT2D eigenvalue weighted by atomic mass is 9.81. The van der Waals surface area contributed by atoms with Crippen LogP contribution >= 0.6 is 11.3 Å². The van der Waals surface area contributed by atoms with Crippen LogP contribution in [0.25, 0.3) is 0 Å². The third-order valence-electron chi connectivity index (χ3n) is 6.07. The van der Waals surface area contributed by atoms with Crippen molar-refractivity contribution in [3.63, 3.8) is 0 Å². The molecule has 3 heterocycles. The first kappa shape index (κ1) is 18.5. The van der Waals surface area contributed by atoms with E-state index in [1.165, 1.54) is 35.3 Å². The van der Waals surface area contributed by atoms with E-state index in [2.05, 4.69) is 48.1 Å². The number of quaternary nitrogens is 1. The van der Waals surface area contributed by atoms with Gasteiger partial charge in [0.15, 0.2) is 0 Å². The molecule has 2 bridgehead atoms. The van der Waals surface area contributed by atoms with Gasteiger partial charge in [0.05, 0.1) is 17.0 Å². The van der Waals surface area contributed by atoms with E-state index in [4.69, 9.17) is 0 Å². The summed E-state index contributed by atoms with van der Waals surface area (Å²) in [4.78, 5) is 15.8. The number of fused-ring (bicyclic) bond motifs is 2. The number of carbonyl (C=O) groups is 1. The third kappa shape index (κ3) is 4.53. The number of hydrogen-bond donors (Lipinski definition) is 3. The van der Waals surface area contributed by atoms with Gasteiger partial charge in [0.25, 0.3) is 0 Å². The molecular formula is C22H30N3OS+. The number of hydrogen-bond acceptors (Lipinski definition) is 2. The Bertz CT molecular complexity index is 755. The van der Waals surface area contributed by atoms with E-state index in [1.807, 2.05) is 23.5 Å². The first-order chi connectivity index (χ1) is 13.1. The minimum Gasteiger partial charge on any atom is -0.335 e. The van der Waals surface area contributed by atoms with Gasteiger partial charge in [-0.15, -0.1) is 11.3 Å². The van der Waals surface area contributed by atoms with E-state index in [1.54, 1.807) is 4.90 Å². The van der Waals surface area contributed by atoms with Crippen LogP contribution in [-0.2, 0) is 6.54 Å². The van der Waals surface area contributed by atoms with Crippen LogP contribution in [0.5, 0.6) is 0 Å². The Balaban J connectivity index is 1.36. The van der Waals surface area contributed by atoms with Crippen LogP contribution in [-0.4, -0.2) is 24.2 Å². The molecule has 2 saturated heterocycles. The zero-order chi connectivity index (χ0) is 18.8. The molecule has 2 atom stereocenters. The Morgan fingerprint density at radius 3 is 2.48 bits per heavy atom. The van der Waals surface area contributed by atoms with Gasteiger partial charge in [-0.1, -0.05) is 12.1 Å². The first-order valence-electron chi connectivity index (χ1n) is 10.1. The Morgan fingerprint density at radius 2 is 1.85 bits per heavy atom. The summed E-state index contributed by atoms with van der Waals surface area (Å²) in [6.45, 7) is 5.27. The molecule has 2 aliphatic rings. The Kier molecular flexibility index (Phi) is 5.50. The normalized spacial score (nSPS) is 27.2. The number of thiophene rings is 1. The highest BCUT2D eigenvalue weighted by molar-refractivity contribution is 7.09. The molecule has 0 aliphatic carbocycles. The summed E-state index contributed by atoms with van der Waals surface area (Å²) in [6, 6.07) is 12.1. The SMILES string of the molecule is Cc1cc(C)cc(NC(=O)NC2C[C@H]3CCC[C@H](C2)[NH+]3Cc2cccs2)c1. The maximum atomic E-state index is 12.5. The lowest BCUT2D eigenvalue weighted by molar-refractivity contribution is -0.973. The van der Waals surface area contributed by atoms with Gasteiger partial charge in [-0.2, -0.15) is 0 Å². The molecule has 4 rings (SSSR count). The Morgan fingerprint density at radius 1 is 1.15 bits per heavy atom. The van der Waals surface area contributed by atoms with Gasteiger partial charge >= 0.3 is 6.03 Å². The molecule has 3 N–H and O–H groups in total. The number of urea groups is 1. The van der Waals surface area contributed by atoms with Crippen molar-refractivity contribution in [3.05, 3.63) is 51.7 Å². The summed E-state index contributed by atoms with van der Waals surface area (Å²) in [5.74, 6) is 0. The second-order valence-electron chi connectivity index (χ2n) is 8.30. The van der Waals surface area contributed by atoms with Crippen LogP contribution in [0.4, 0.5) is 10.5 Å². The fraction of sp³-hybridized carbons (Fsp3) is 0.500. The van der Waals surface area contributed by atoms with Gasteiger partial charge in [0.2, 0.25) is 0 Å². The molecule has 2 fully saturated rings. The summed E-state index contributed by atoms with van der Waals surface area (Å²) in [7, 11) is 0. The molecule has 27 heavy (non-hydrogen) atoms. The number of rotatable bonds is 4. The van der Waals surface area contributed by atoms with Crippen molar-refractivity contribution in [3.8, 4) is 0 Å². The van der Waals surface area contributed by atoms with E-state index < -0.39 is 0 Å². The van der Waals surface area contributed by atoms with Crippen LogP contribution < -0.4 is 15.5 Å². The van der Waals surface area contributed by atoms with E-state index in [-0.39, 0.29) is 6.03 Å². The highest BCUT2D eigenvalue weighted by Gasteiger charge is 2.42. The maximum Gasteiger partial charge on any atom is 0.319 e. The van der Waals surface area contributed by atoms with Gasteiger partial charge < -0.3 is 15.5 Å². The summed E-state index contributed by atoms with van der Waals surface area (Å²) in [5.41, 5.74) is 3.22. The van der Waals surface area contributed by atoms with Crippen LogP contribution in [0.3, 0.4) is 0 Å². The summed E-state index contributed by atoms with van der Waals surface area (Å²) >= 11 is 1.87. The van der Waals surface area contributed by atoms with Crippen LogP contribution in [0, 0.1) is 13.8 Å². The fourth-order valence-electron chi connectivity index (χ4n) is 5.06. The van der Waals surface area contributed by atoms with Gasteiger partial charge in [0, 0.05) is 24.6 Å². The monoisotopic (exact) mass is 384 g/mol. The summed E-state index contributed by atoms with van der Waals surface area (Å²) in [5, 5.41) is 8.46. The minimum absolute atomic E-state index is 0.0650. The third-order valence-corrected chi connectivity index (χ3v) is 6.94. The van der Waals surface area contributed by atoms with Gasteiger partial charge in [0.1, 0.15) is 6.54 Å². The molecule has 2 amide bonds. The molecule has 1 aromatic carbocycles. The topological polar surface area (TPSA) is 45.6 Å². The fourth-order valence-corrected chi connectivity index (χ4v) is 5.80. The number of piperidine rings is 2. The van der Waals surface area contributed by atoms with Gasteiger partial charge in [-0.05, 0) is 67.8 Å². The quantitative estimate of drug-likeness (QED) is 0.740. The number of benzene rings is 1. The van der Waals surface area contributed by atoms with E-state index in [0.717, 1.165) is 25.1 Å². The van der Waals surface area contributed by atoms with E-state index >= 15 is 0 Å². The molecule has 4 nitrogen and oxygen atoms in total. The zero-order valence-electron chi connectivity index (χ0n) is 16.3. The Labute approximate surface area is 166 Å². The summed E-state index contributed by atoms with van der Waals surface area (Å²) < 4.78 is 0. The molecular weight excluding hydrogens is 354 g/mol. The second-order valence-corrected chi connectivity index (χ2v) is 9.33. The summed E-state index contributed by atoms with van der Waals surface area (Å²) in [6.07, 6.45) is 6.10. The highest BCUT2D eigenvalue weighted by Crippen LogP contribution is 2.23. The highest BCUT2D eigenvalue weighted by atomic mass is 32.1. The predicted octanol–water partition coefficient (Wildman–Crippen LogP) is 3.66. The number of nitrogens with one attached hydrogen (secondary N) is 3. The average molecular weight is 385 g/mol. The number of anilines is 1. The second kappa shape index (κ2) is 8.03. The molecule has 5 heteroatoms. The average Bonchev–Trinajstić information content (AvgIpc) is 3.07. The van der Waals surface area contributed by atoms with Gasteiger partial charge in [-0.25, -0.2) is 4.79 Å². The van der Waals surface area contributed by atoms with Crippen molar-refractivity contribution < 1.29 is 9.69 Å². The number of aryl methyl sites for hydroxylation is 2. The van der Waals surface area contributed by atoms with Crippen LogP contribution in [0.1, 0.15) is 48.1 Å². The zero-order valence-corrected chi connectivity index (χ0v) is 17.1. The predicted molar refractivity (Wildman–Crippen MR) is 112 cm³/mol. The molecule has 0 spiro atoms. The number of amides is 2.